The Bertz CT molecular complexity index is 1040. The van der Waals surface area contributed by atoms with Gasteiger partial charge in [-0.15, -0.1) is 0 Å². The SMILES string of the molecule is O=C(Nc1ncsn1)C1c2ccccc2Oc2[nH]c(=O)[nH]c(=O)c21. The van der Waals surface area contributed by atoms with E-state index in [9.17, 15) is 14.4 Å². The molecule has 1 amide bonds. The maximum Gasteiger partial charge on any atom is 0.328 e. The number of anilines is 1. The van der Waals surface area contributed by atoms with Gasteiger partial charge in [0.1, 0.15) is 17.2 Å². The van der Waals surface area contributed by atoms with Gasteiger partial charge in [0.15, 0.2) is 0 Å². The molecule has 4 rings (SSSR count). The van der Waals surface area contributed by atoms with Crippen LogP contribution in [-0.4, -0.2) is 25.2 Å². The fourth-order valence-electron chi connectivity index (χ4n) is 2.58. The number of para-hydroxylation sites is 1. The normalized spacial score (nSPS) is 15.1. The van der Waals surface area contributed by atoms with Crippen molar-refractivity contribution in [1.29, 1.82) is 0 Å². The number of benzene rings is 1. The molecule has 0 spiro atoms. The number of hydrogen-bond donors (Lipinski definition) is 3. The number of carbonyl (C=O) groups excluding carboxylic acids is 1. The highest BCUT2D eigenvalue weighted by Crippen LogP contribution is 2.41. The van der Waals surface area contributed by atoms with Crippen LogP contribution in [0.25, 0.3) is 0 Å². The van der Waals surface area contributed by atoms with Crippen molar-refractivity contribution in [3.63, 3.8) is 0 Å². The van der Waals surface area contributed by atoms with E-state index in [0.29, 0.717) is 11.3 Å². The molecule has 9 nitrogen and oxygen atoms in total. The summed E-state index contributed by atoms with van der Waals surface area (Å²) in [5.41, 5.74) is 0.621. The smallest absolute Gasteiger partial charge is 0.328 e. The van der Waals surface area contributed by atoms with Crippen LogP contribution in [0.4, 0.5) is 5.95 Å². The van der Waals surface area contributed by atoms with Crippen LogP contribution in [0.3, 0.4) is 0 Å². The number of fused-ring (bicyclic) bond motifs is 2. The molecule has 0 fully saturated rings. The zero-order valence-electron chi connectivity index (χ0n) is 11.9. The van der Waals surface area contributed by atoms with Crippen molar-refractivity contribution < 1.29 is 9.53 Å². The lowest BCUT2D eigenvalue weighted by atomic mass is 9.89. The Labute approximate surface area is 137 Å². The van der Waals surface area contributed by atoms with Crippen molar-refractivity contribution >= 4 is 23.4 Å². The van der Waals surface area contributed by atoms with Gasteiger partial charge >= 0.3 is 5.69 Å². The summed E-state index contributed by atoms with van der Waals surface area (Å²) in [6.07, 6.45) is 0. The molecule has 0 saturated heterocycles. The van der Waals surface area contributed by atoms with E-state index in [4.69, 9.17) is 4.74 Å². The largest absolute Gasteiger partial charge is 0.440 e. The van der Waals surface area contributed by atoms with Crippen LogP contribution in [0.2, 0.25) is 0 Å². The van der Waals surface area contributed by atoms with E-state index in [1.807, 2.05) is 0 Å². The molecule has 1 aliphatic heterocycles. The first-order chi connectivity index (χ1) is 11.6. The van der Waals surface area contributed by atoms with Crippen molar-refractivity contribution in [3.05, 3.63) is 61.7 Å². The van der Waals surface area contributed by atoms with Crippen LogP contribution < -0.4 is 21.3 Å². The summed E-state index contributed by atoms with van der Waals surface area (Å²) in [7, 11) is 0. The number of aromatic amines is 2. The van der Waals surface area contributed by atoms with E-state index < -0.39 is 23.1 Å². The predicted molar refractivity (Wildman–Crippen MR) is 84.6 cm³/mol. The van der Waals surface area contributed by atoms with Gasteiger partial charge in [-0.1, -0.05) is 18.2 Å². The molecule has 120 valence electrons. The summed E-state index contributed by atoms with van der Waals surface area (Å²) in [5, 5.41) is 2.56. The van der Waals surface area contributed by atoms with Gasteiger partial charge in [0.05, 0.1) is 5.56 Å². The van der Waals surface area contributed by atoms with Crippen molar-refractivity contribution in [2.75, 3.05) is 5.32 Å². The third kappa shape index (κ3) is 2.29. The first kappa shape index (κ1) is 14.3. The van der Waals surface area contributed by atoms with Gasteiger partial charge in [-0.2, -0.15) is 4.37 Å². The highest BCUT2D eigenvalue weighted by molar-refractivity contribution is 7.03. The Kier molecular flexibility index (Phi) is 3.24. The summed E-state index contributed by atoms with van der Waals surface area (Å²) in [5.74, 6) is -0.972. The fraction of sp³-hybridized carbons (Fsp3) is 0.0714. The zero-order valence-corrected chi connectivity index (χ0v) is 12.7. The van der Waals surface area contributed by atoms with Gasteiger partial charge in [-0.05, 0) is 17.6 Å². The number of hydrogen-bond acceptors (Lipinski definition) is 7. The fourth-order valence-corrected chi connectivity index (χ4v) is 2.96. The zero-order chi connectivity index (χ0) is 16.7. The molecule has 3 N–H and O–H groups in total. The summed E-state index contributed by atoms with van der Waals surface area (Å²) in [6, 6.07) is 6.79. The molecule has 1 unspecified atom stereocenters. The number of amides is 1. The predicted octanol–water partition coefficient (Wildman–Crippen LogP) is 0.791. The molecule has 0 radical (unpaired) electrons. The van der Waals surface area contributed by atoms with Gasteiger partial charge in [-0.25, -0.2) is 9.78 Å². The molecule has 3 aromatic rings. The van der Waals surface area contributed by atoms with E-state index in [1.165, 1.54) is 5.51 Å². The van der Waals surface area contributed by atoms with Crippen LogP contribution in [0.1, 0.15) is 17.0 Å². The number of ether oxygens (including phenoxy) is 1. The summed E-state index contributed by atoms with van der Waals surface area (Å²) in [4.78, 5) is 44.9. The Morgan fingerprint density at radius 1 is 1.25 bits per heavy atom. The number of carbonyl (C=O) groups is 1. The van der Waals surface area contributed by atoms with Crippen LogP contribution in [0, 0.1) is 0 Å². The quantitative estimate of drug-likeness (QED) is 0.631. The molecule has 10 heteroatoms. The lowest BCUT2D eigenvalue weighted by molar-refractivity contribution is -0.117. The molecule has 3 heterocycles. The van der Waals surface area contributed by atoms with E-state index in [0.717, 1.165) is 11.5 Å². The minimum absolute atomic E-state index is 0.0287. The Morgan fingerprint density at radius 3 is 2.88 bits per heavy atom. The van der Waals surface area contributed by atoms with E-state index >= 15 is 0 Å². The minimum atomic E-state index is -0.964. The van der Waals surface area contributed by atoms with Crippen molar-refractivity contribution in [2.24, 2.45) is 0 Å². The summed E-state index contributed by atoms with van der Waals surface area (Å²) >= 11 is 1.09. The lowest BCUT2D eigenvalue weighted by Gasteiger charge is -2.25. The van der Waals surface area contributed by atoms with E-state index in [-0.39, 0.29) is 17.4 Å². The lowest BCUT2D eigenvalue weighted by Crippen LogP contribution is -2.35. The second-order valence-electron chi connectivity index (χ2n) is 4.97. The average molecular weight is 343 g/mol. The number of H-pyrrole nitrogens is 2. The minimum Gasteiger partial charge on any atom is -0.440 e. The van der Waals surface area contributed by atoms with Gasteiger partial charge in [0, 0.05) is 5.56 Å². The molecule has 1 atom stereocenters. The monoisotopic (exact) mass is 343 g/mol. The Morgan fingerprint density at radius 2 is 2.08 bits per heavy atom. The molecule has 1 aromatic carbocycles. The Balaban J connectivity index is 1.88. The molecular weight excluding hydrogens is 334 g/mol. The van der Waals surface area contributed by atoms with Crippen LogP contribution >= 0.6 is 11.5 Å². The van der Waals surface area contributed by atoms with Crippen molar-refractivity contribution in [3.8, 4) is 11.6 Å². The number of nitrogens with one attached hydrogen (secondary N) is 3. The maximum atomic E-state index is 12.7. The highest BCUT2D eigenvalue weighted by Gasteiger charge is 2.36. The van der Waals surface area contributed by atoms with Crippen LogP contribution in [0.5, 0.6) is 11.6 Å². The first-order valence-electron chi connectivity index (χ1n) is 6.84. The van der Waals surface area contributed by atoms with Crippen molar-refractivity contribution in [2.45, 2.75) is 5.92 Å². The first-order valence-corrected chi connectivity index (χ1v) is 7.67. The van der Waals surface area contributed by atoms with E-state index in [2.05, 4.69) is 24.6 Å². The average Bonchev–Trinajstić information content (AvgIpc) is 3.05. The topological polar surface area (TPSA) is 130 Å². The Hall–Kier alpha value is -3.27. The third-order valence-corrected chi connectivity index (χ3v) is 4.01. The van der Waals surface area contributed by atoms with Gasteiger partial charge in [0.2, 0.25) is 17.7 Å². The van der Waals surface area contributed by atoms with Crippen molar-refractivity contribution in [1.82, 2.24) is 19.3 Å². The second kappa shape index (κ2) is 5.42. The standard InChI is InChI=1S/C14H9N5O4S/c20-10(16-13-15-5-24-19-13)8-6-3-1-2-4-7(6)23-12-9(8)11(21)17-14(22)18-12/h1-5,8H,(H,16,19,20)(H2,17,18,21,22). The maximum absolute atomic E-state index is 12.7. The van der Waals surface area contributed by atoms with E-state index in [1.54, 1.807) is 24.3 Å². The van der Waals surface area contributed by atoms with Crippen LogP contribution in [-0.2, 0) is 4.79 Å². The van der Waals surface area contributed by atoms with Crippen LogP contribution in [0.15, 0.2) is 39.4 Å². The molecular formula is C14H9N5O4S. The molecule has 0 aliphatic carbocycles. The highest BCUT2D eigenvalue weighted by atomic mass is 32.1. The molecule has 1 aliphatic rings. The molecule has 24 heavy (non-hydrogen) atoms. The molecule has 0 saturated carbocycles. The number of aromatic nitrogens is 4. The molecule has 0 bridgehead atoms. The van der Waals surface area contributed by atoms with Gasteiger partial charge in [0.25, 0.3) is 5.56 Å². The second-order valence-corrected chi connectivity index (χ2v) is 5.57. The third-order valence-electron chi connectivity index (χ3n) is 3.53. The molecule has 2 aromatic heterocycles. The van der Waals surface area contributed by atoms with Gasteiger partial charge in [-0.3, -0.25) is 24.9 Å². The van der Waals surface area contributed by atoms with Gasteiger partial charge < -0.3 is 4.74 Å². The number of rotatable bonds is 2. The summed E-state index contributed by atoms with van der Waals surface area (Å²) < 4.78 is 9.49. The summed E-state index contributed by atoms with van der Waals surface area (Å²) in [6.45, 7) is 0. The number of nitrogens with zero attached hydrogens (tertiary/aromatic N) is 2.